The monoisotopic (exact) mass is 312 g/mol. The molecule has 0 saturated carbocycles. The SMILES string of the molecule is O=C(CC1CC2CCC(C1)N2)NCCc1cn2ccccc2n1. The molecular formula is C18H24N4O. The summed E-state index contributed by atoms with van der Waals surface area (Å²) in [5.41, 5.74) is 1.98. The van der Waals surface area contributed by atoms with Gasteiger partial charge in [-0.15, -0.1) is 0 Å². The summed E-state index contributed by atoms with van der Waals surface area (Å²) in [6, 6.07) is 7.29. The van der Waals surface area contributed by atoms with Crippen LogP contribution in [0.2, 0.25) is 0 Å². The van der Waals surface area contributed by atoms with Crippen molar-refractivity contribution in [1.29, 1.82) is 0 Å². The fourth-order valence-electron chi connectivity index (χ4n) is 4.11. The Bertz CT molecular complexity index is 650. The fraction of sp³-hybridized carbons (Fsp3) is 0.556. The first-order valence-corrected chi connectivity index (χ1v) is 8.71. The minimum atomic E-state index is 0.195. The van der Waals surface area contributed by atoms with Gasteiger partial charge in [-0.05, 0) is 43.7 Å². The third-order valence-electron chi connectivity index (χ3n) is 5.16. The van der Waals surface area contributed by atoms with Crippen LogP contribution in [0.3, 0.4) is 0 Å². The number of carbonyl (C=O) groups excluding carboxylic acids is 1. The predicted molar refractivity (Wildman–Crippen MR) is 89.2 cm³/mol. The van der Waals surface area contributed by atoms with Gasteiger partial charge < -0.3 is 15.0 Å². The highest BCUT2D eigenvalue weighted by Crippen LogP contribution is 2.32. The smallest absolute Gasteiger partial charge is 0.220 e. The second-order valence-electron chi connectivity index (χ2n) is 6.98. The summed E-state index contributed by atoms with van der Waals surface area (Å²) in [5, 5.41) is 6.69. The molecule has 2 aliphatic heterocycles. The summed E-state index contributed by atoms with van der Waals surface area (Å²) in [5.74, 6) is 0.754. The number of piperidine rings is 1. The van der Waals surface area contributed by atoms with E-state index in [2.05, 4.69) is 15.6 Å². The Morgan fingerprint density at radius 3 is 2.91 bits per heavy atom. The van der Waals surface area contributed by atoms with Gasteiger partial charge in [0.2, 0.25) is 5.91 Å². The van der Waals surface area contributed by atoms with Crippen LogP contribution in [0, 0.1) is 5.92 Å². The fourth-order valence-corrected chi connectivity index (χ4v) is 4.11. The van der Waals surface area contributed by atoms with E-state index in [4.69, 9.17) is 0 Å². The summed E-state index contributed by atoms with van der Waals surface area (Å²) in [7, 11) is 0. The number of nitrogens with zero attached hydrogens (tertiary/aromatic N) is 2. The lowest BCUT2D eigenvalue weighted by molar-refractivity contribution is -0.122. The first kappa shape index (κ1) is 14.7. The molecule has 23 heavy (non-hydrogen) atoms. The van der Waals surface area contributed by atoms with E-state index >= 15 is 0 Å². The van der Waals surface area contributed by atoms with Gasteiger partial charge in [0, 0.05) is 43.9 Å². The van der Waals surface area contributed by atoms with Gasteiger partial charge in [-0.1, -0.05) is 6.07 Å². The molecule has 2 aromatic rings. The van der Waals surface area contributed by atoms with Crippen molar-refractivity contribution in [2.75, 3.05) is 6.54 Å². The normalized spacial score (nSPS) is 26.5. The lowest BCUT2D eigenvalue weighted by Gasteiger charge is -2.28. The van der Waals surface area contributed by atoms with E-state index in [0.717, 1.165) is 30.6 Å². The van der Waals surface area contributed by atoms with Crippen molar-refractivity contribution in [2.24, 2.45) is 5.92 Å². The molecule has 4 heterocycles. The topological polar surface area (TPSA) is 58.4 Å². The lowest BCUT2D eigenvalue weighted by Crippen LogP contribution is -2.39. The maximum absolute atomic E-state index is 12.2. The number of amides is 1. The van der Waals surface area contributed by atoms with E-state index in [0.29, 0.717) is 31.0 Å². The van der Waals surface area contributed by atoms with Gasteiger partial charge in [-0.2, -0.15) is 0 Å². The molecule has 2 fully saturated rings. The van der Waals surface area contributed by atoms with Crippen molar-refractivity contribution in [3.05, 3.63) is 36.3 Å². The highest BCUT2D eigenvalue weighted by molar-refractivity contribution is 5.76. The van der Waals surface area contributed by atoms with Crippen LogP contribution in [0.1, 0.15) is 37.8 Å². The lowest BCUT2D eigenvalue weighted by atomic mass is 9.89. The van der Waals surface area contributed by atoms with E-state index in [-0.39, 0.29) is 5.91 Å². The van der Waals surface area contributed by atoms with Crippen LogP contribution in [0.25, 0.3) is 5.65 Å². The molecular weight excluding hydrogens is 288 g/mol. The van der Waals surface area contributed by atoms with Crippen LogP contribution in [-0.4, -0.2) is 33.9 Å². The number of pyridine rings is 1. The van der Waals surface area contributed by atoms with E-state index in [1.165, 1.54) is 12.8 Å². The minimum absolute atomic E-state index is 0.195. The van der Waals surface area contributed by atoms with Gasteiger partial charge in [-0.25, -0.2) is 4.98 Å². The van der Waals surface area contributed by atoms with Crippen molar-refractivity contribution in [3.8, 4) is 0 Å². The van der Waals surface area contributed by atoms with Crippen LogP contribution >= 0.6 is 0 Å². The van der Waals surface area contributed by atoms with E-state index in [9.17, 15) is 4.79 Å². The Hall–Kier alpha value is -1.88. The van der Waals surface area contributed by atoms with Gasteiger partial charge in [0.15, 0.2) is 0 Å². The van der Waals surface area contributed by atoms with Crippen molar-refractivity contribution >= 4 is 11.6 Å². The number of hydrogen-bond acceptors (Lipinski definition) is 3. The maximum atomic E-state index is 12.2. The Morgan fingerprint density at radius 1 is 1.30 bits per heavy atom. The zero-order valence-corrected chi connectivity index (χ0v) is 13.4. The summed E-state index contributed by atoms with van der Waals surface area (Å²) in [6.07, 6.45) is 10.4. The average Bonchev–Trinajstić information content (AvgIpc) is 3.09. The number of nitrogens with one attached hydrogen (secondary N) is 2. The summed E-state index contributed by atoms with van der Waals surface area (Å²) in [6.45, 7) is 0.667. The largest absolute Gasteiger partial charge is 0.356 e. The van der Waals surface area contributed by atoms with Gasteiger partial charge in [0.1, 0.15) is 5.65 Å². The quantitative estimate of drug-likeness (QED) is 0.887. The Kier molecular flexibility index (Phi) is 4.04. The van der Waals surface area contributed by atoms with Crippen molar-refractivity contribution in [2.45, 2.75) is 50.6 Å². The molecule has 2 aromatic heterocycles. The Morgan fingerprint density at radius 2 is 2.13 bits per heavy atom. The number of rotatable bonds is 5. The van der Waals surface area contributed by atoms with Crippen LogP contribution in [0.15, 0.2) is 30.6 Å². The molecule has 2 bridgehead atoms. The zero-order valence-electron chi connectivity index (χ0n) is 13.4. The number of fused-ring (bicyclic) bond motifs is 3. The molecule has 0 radical (unpaired) electrons. The molecule has 0 spiro atoms. The van der Waals surface area contributed by atoms with Crippen LogP contribution in [0.5, 0.6) is 0 Å². The third kappa shape index (κ3) is 3.39. The molecule has 5 nitrogen and oxygen atoms in total. The molecule has 2 atom stereocenters. The van der Waals surface area contributed by atoms with E-state index in [1.807, 2.05) is 35.0 Å². The van der Waals surface area contributed by atoms with Gasteiger partial charge in [-0.3, -0.25) is 4.79 Å². The Labute approximate surface area is 136 Å². The second-order valence-corrected chi connectivity index (χ2v) is 6.98. The molecule has 2 saturated heterocycles. The molecule has 2 aliphatic rings. The van der Waals surface area contributed by atoms with E-state index < -0.39 is 0 Å². The van der Waals surface area contributed by atoms with Crippen LogP contribution < -0.4 is 10.6 Å². The van der Waals surface area contributed by atoms with Crippen LogP contribution in [0.4, 0.5) is 0 Å². The van der Waals surface area contributed by atoms with Crippen molar-refractivity contribution in [3.63, 3.8) is 0 Å². The summed E-state index contributed by atoms with van der Waals surface area (Å²) in [4.78, 5) is 16.7. The molecule has 4 rings (SSSR count). The summed E-state index contributed by atoms with van der Waals surface area (Å²) < 4.78 is 2.02. The second kappa shape index (κ2) is 6.32. The molecule has 1 amide bonds. The average molecular weight is 312 g/mol. The molecule has 2 N–H and O–H groups in total. The molecule has 5 heteroatoms. The van der Waals surface area contributed by atoms with Crippen molar-refractivity contribution in [1.82, 2.24) is 20.0 Å². The first-order valence-electron chi connectivity index (χ1n) is 8.71. The first-order chi connectivity index (χ1) is 11.3. The minimum Gasteiger partial charge on any atom is -0.356 e. The van der Waals surface area contributed by atoms with E-state index in [1.54, 1.807) is 0 Å². The zero-order chi connectivity index (χ0) is 15.6. The molecule has 122 valence electrons. The van der Waals surface area contributed by atoms with Gasteiger partial charge in [0.25, 0.3) is 0 Å². The predicted octanol–water partition coefficient (Wildman–Crippen LogP) is 1.91. The highest BCUT2D eigenvalue weighted by Gasteiger charge is 2.34. The third-order valence-corrected chi connectivity index (χ3v) is 5.16. The van der Waals surface area contributed by atoms with Gasteiger partial charge in [0.05, 0.1) is 5.69 Å². The molecule has 0 aliphatic carbocycles. The Balaban J connectivity index is 1.23. The standard InChI is InChI=1S/C18H24N4O/c23-18(11-13-9-14-4-5-15(10-13)20-14)19-7-6-16-12-22-8-2-1-3-17(22)21-16/h1-3,8,12-15,20H,4-7,9-11H2,(H,19,23). The summed E-state index contributed by atoms with van der Waals surface area (Å²) >= 11 is 0. The van der Waals surface area contributed by atoms with Crippen LogP contribution in [-0.2, 0) is 11.2 Å². The number of imidazole rings is 1. The molecule has 2 unspecified atom stereocenters. The number of aromatic nitrogens is 2. The van der Waals surface area contributed by atoms with Crippen molar-refractivity contribution < 1.29 is 4.79 Å². The maximum Gasteiger partial charge on any atom is 0.220 e. The molecule has 0 aromatic carbocycles. The number of hydrogen-bond donors (Lipinski definition) is 2. The number of carbonyl (C=O) groups is 1. The van der Waals surface area contributed by atoms with Gasteiger partial charge >= 0.3 is 0 Å². The highest BCUT2D eigenvalue weighted by atomic mass is 16.1.